The number of aliphatic hydroxyl groups is 1. The molecule has 0 saturated carbocycles. The Morgan fingerprint density at radius 2 is 2.32 bits per heavy atom. The lowest BCUT2D eigenvalue weighted by molar-refractivity contribution is 0.0941. The molecule has 0 radical (unpaired) electrons. The van der Waals surface area contributed by atoms with Crippen LogP contribution in [0.2, 0.25) is 5.02 Å². The Morgan fingerprint density at radius 3 is 3.05 bits per heavy atom. The molecule has 0 aromatic heterocycles. The number of nitrogens with one attached hydrogen (secondary N) is 1. The quantitative estimate of drug-likeness (QED) is 0.868. The fourth-order valence-corrected chi connectivity index (χ4v) is 2.02. The van der Waals surface area contributed by atoms with E-state index >= 15 is 0 Å². The molecule has 104 valence electrons. The molecule has 1 atom stereocenters. The van der Waals surface area contributed by atoms with Crippen LogP contribution in [-0.2, 0) is 0 Å². The van der Waals surface area contributed by atoms with Crippen LogP contribution in [0.3, 0.4) is 0 Å². The van der Waals surface area contributed by atoms with Crippen LogP contribution in [0.15, 0.2) is 12.1 Å². The van der Waals surface area contributed by atoms with Gasteiger partial charge in [-0.2, -0.15) is 0 Å². The van der Waals surface area contributed by atoms with Crippen LogP contribution in [0, 0.1) is 0 Å². The fraction of sp³-hybridized carbons (Fsp3) is 0.462. The molecule has 19 heavy (non-hydrogen) atoms. The summed E-state index contributed by atoms with van der Waals surface area (Å²) in [5.74, 6) is 0.703. The third-order valence-corrected chi connectivity index (χ3v) is 3.20. The van der Waals surface area contributed by atoms with Gasteiger partial charge in [0.25, 0.3) is 5.91 Å². The first-order valence-corrected chi connectivity index (χ1v) is 6.55. The van der Waals surface area contributed by atoms with E-state index in [0.717, 1.165) is 0 Å². The van der Waals surface area contributed by atoms with E-state index in [1.54, 1.807) is 12.1 Å². The standard InChI is InChI=1S/C13H16ClNO4/c1-2-9(16)3-4-15-13(17)8-5-10(14)12-11(6-8)18-7-19-12/h5-6,9,16H,2-4,7H2,1H3,(H,15,17). The van der Waals surface area contributed by atoms with Crippen molar-refractivity contribution < 1.29 is 19.4 Å². The average molecular weight is 286 g/mol. The SMILES string of the molecule is CCC(O)CCNC(=O)c1cc(Cl)c2c(c1)OCO2. The second-order valence-corrected chi connectivity index (χ2v) is 4.71. The van der Waals surface area contributed by atoms with Gasteiger partial charge < -0.3 is 19.9 Å². The number of hydrogen-bond acceptors (Lipinski definition) is 4. The third kappa shape index (κ3) is 3.30. The van der Waals surface area contributed by atoms with Crippen molar-refractivity contribution in [2.24, 2.45) is 0 Å². The number of rotatable bonds is 5. The van der Waals surface area contributed by atoms with Gasteiger partial charge in [0.2, 0.25) is 6.79 Å². The van der Waals surface area contributed by atoms with Crippen LogP contribution in [0.4, 0.5) is 0 Å². The van der Waals surface area contributed by atoms with Crippen molar-refractivity contribution in [1.82, 2.24) is 5.32 Å². The predicted octanol–water partition coefficient (Wildman–Crippen LogP) is 1.96. The molecule has 5 nitrogen and oxygen atoms in total. The number of hydrogen-bond donors (Lipinski definition) is 2. The van der Waals surface area contributed by atoms with E-state index in [1.807, 2.05) is 6.92 Å². The van der Waals surface area contributed by atoms with Gasteiger partial charge in [0.1, 0.15) is 0 Å². The molecule has 6 heteroatoms. The van der Waals surface area contributed by atoms with Gasteiger partial charge in [0, 0.05) is 12.1 Å². The smallest absolute Gasteiger partial charge is 0.251 e. The Morgan fingerprint density at radius 1 is 1.53 bits per heavy atom. The van der Waals surface area contributed by atoms with Gasteiger partial charge in [-0.3, -0.25) is 4.79 Å². The summed E-state index contributed by atoms with van der Waals surface area (Å²) >= 11 is 6.00. The molecule has 1 aromatic rings. The summed E-state index contributed by atoms with van der Waals surface area (Å²) in [4.78, 5) is 11.9. The molecule has 1 amide bonds. The number of carbonyl (C=O) groups is 1. The number of aliphatic hydroxyl groups excluding tert-OH is 1. The van der Waals surface area contributed by atoms with Gasteiger partial charge in [-0.1, -0.05) is 18.5 Å². The third-order valence-electron chi connectivity index (χ3n) is 2.92. The van der Waals surface area contributed by atoms with E-state index < -0.39 is 0 Å². The molecule has 1 unspecified atom stereocenters. The van der Waals surface area contributed by atoms with Crippen LogP contribution in [0.1, 0.15) is 30.1 Å². The van der Waals surface area contributed by atoms with Gasteiger partial charge in [0.15, 0.2) is 11.5 Å². The molecule has 0 spiro atoms. The zero-order valence-electron chi connectivity index (χ0n) is 10.6. The summed E-state index contributed by atoms with van der Waals surface area (Å²) in [6.07, 6.45) is 0.812. The molecule has 1 aliphatic heterocycles. The van der Waals surface area contributed by atoms with Gasteiger partial charge in [-0.05, 0) is 25.0 Å². The van der Waals surface area contributed by atoms with E-state index in [2.05, 4.69) is 5.32 Å². The Hall–Kier alpha value is -1.46. The summed E-state index contributed by atoms with van der Waals surface area (Å²) in [5, 5.41) is 12.5. The number of amides is 1. The van der Waals surface area contributed by atoms with Gasteiger partial charge in [0.05, 0.1) is 11.1 Å². The van der Waals surface area contributed by atoms with Crippen molar-refractivity contribution in [3.8, 4) is 11.5 Å². The minimum Gasteiger partial charge on any atom is -0.454 e. The zero-order valence-corrected chi connectivity index (χ0v) is 11.4. The Kier molecular flexibility index (Phi) is 4.50. The van der Waals surface area contributed by atoms with Gasteiger partial charge in [-0.15, -0.1) is 0 Å². The Bertz CT molecular complexity index is 478. The van der Waals surface area contributed by atoms with Crippen molar-refractivity contribution in [3.05, 3.63) is 22.7 Å². The number of benzene rings is 1. The normalized spacial score (nSPS) is 14.3. The summed E-state index contributed by atoms with van der Waals surface area (Å²) < 4.78 is 10.4. The predicted molar refractivity (Wildman–Crippen MR) is 70.8 cm³/mol. The van der Waals surface area contributed by atoms with Crippen molar-refractivity contribution in [1.29, 1.82) is 0 Å². The molecular weight excluding hydrogens is 270 g/mol. The monoisotopic (exact) mass is 285 g/mol. The highest BCUT2D eigenvalue weighted by Gasteiger charge is 2.20. The molecule has 0 aliphatic carbocycles. The highest BCUT2D eigenvalue weighted by molar-refractivity contribution is 6.32. The van der Waals surface area contributed by atoms with Crippen molar-refractivity contribution in [3.63, 3.8) is 0 Å². The lowest BCUT2D eigenvalue weighted by atomic mass is 10.1. The largest absolute Gasteiger partial charge is 0.454 e. The first-order valence-electron chi connectivity index (χ1n) is 6.17. The highest BCUT2D eigenvalue weighted by atomic mass is 35.5. The summed E-state index contributed by atoms with van der Waals surface area (Å²) in [5.41, 5.74) is 0.417. The maximum atomic E-state index is 11.9. The lowest BCUT2D eigenvalue weighted by Crippen LogP contribution is -2.27. The van der Waals surface area contributed by atoms with Crippen molar-refractivity contribution >= 4 is 17.5 Å². The van der Waals surface area contributed by atoms with Crippen LogP contribution < -0.4 is 14.8 Å². The summed E-state index contributed by atoms with van der Waals surface area (Å²) in [6, 6.07) is 3.14. The highest BCUT2D eigenvalue weighted by Crippen LogP contribution is 2.39. The molecule has 1 heterocycles. The van der Waals surface area contributed by atoms with Gasteiger partial charge in [-0.25, -0.2) is 0 Å². The maximum absolute atomic E-state index is 11.9. The molecule has 0 fully saturated rings. The molecular formula is C13H16ClNO4. The lowest BCUT2D eigenvalue weighted by Gasteiger charge is -2.09. The van der Waals surface area contributed by atoms with E-state index in [-0.39, 0.29) is 18.8 Å². The molecule has 0 bridgehead atoms. The summed E-state index contributed by atoms with van der Waals surface area (Å²) in [6.45, 7) is 2.42. The van der Waals surface area contributed by atoms with Crippen LogP contribution in [-0.4, -0.2) is 30.5 Å². The maximum Gasteiger partial charge on any atom is 0.251 e. The second kappa shape index (κ2) is 6.12. The average Bonchev–Trinajstić information content (AvgIpc) is 2.87. The van der Waals surface area contributed by atoms with E-state index in [9.17, 15) is 9.90 Å². The van der Waals surface area contributed by atoms with Gasteiger partial charge >= 0.3 is 0 Å². The van der Waals surface area contributed by atoms with E-state index in [0.29, 0.717) is 41.5 Å². The molecule has 2 N–H and O–H groups in total. The zero-order chi connectivity index (χ0) is 13.8. The van der Waals surface area contributed by atoms with Crippen LogP contribution in [0.5, 0.6) is 11.5 Å². The van der Waals surface area contributed by atoms with E-state index in [1.165, 1.54) is 0 Å². The Labute approximate surface area is 116 Å². The number of carbonyl (C=O) groups excluding carboxylic acids is 1. The van der Waals surface area contributed by atoms with E-state index in [4.69, 9.17) is 21.1 Å². The molecule has 0 saturated heterocycles. The number of fused-ring (bicyclic) bond motifs is 1. The summed E-state index contributed by atoms with van der Waals surface area (Å²) in [7, 11) is 0. The minimum absolute atomic E-state index is 0.114. The minimum atomic E-state index is -0.388. The second-order valence-electron chi connectivity index (χ2n) is 4.30. The van der Waals surface area contributed by atoms with Crippen LogP contribution in [0.25, 0.3) is 0 Å². The van der Waals surface area contributed by atoms with Crippen molar-refractivity contribution in [2.75, 3.05) is 13.3 Å². The first kappa shape index (κ1) is 14.0. The Balaban J connectivity index is 1.98. The number of ether oxygens (including phenoxy) is 2. The van der Waals surface area contributed by atoms with Crippen LogP contribution >= 0.6 is 11.6 Å². The van der Waals surface area contributed by atoms with Crippen molar-refractivity contribution in [2.45, 2.75) is 25.9 Å². The molecule has 2 rings (SSSR count). The first-order chi connectivity index (χ1) is 9.11. The molecule has 1 aromatic carbocycles. The molecule has 1 aliphatic rings. The topological polar surface area (TPSA) is 67.8 Å². The number of halogens is 1. The fourth-order valence-electron chi connectivity index (χ4n) is 1.76.